The van der Waals surface area contributed by atoms with Crippen LogP contribution in [-0.2, 0) is 4.74 Å². The maximum absolute atomic E-state index is 11.7. The van der Waals surface area contributed by atoms with E-state index in [-0.39, 0.29) is 0 Å². The molecule has 1 N–H and O–H groups in total. The highest BCUT2D eigenvalue weighted by molar-refractivity contribution is 6.64. The smallest absolute Gasteiger partial charge is 0.412 e. The zero-order chi connectivity index (χ0) is 14.5. The van der Waals surface area contributed by atoms with Crippen molar-refractivity contribution >= 4 is 20.6 Å². The third-order valence-electron chi connectivity index (χ3n) is 1.87. The number of carbonyl (C=O) groups is 1. The Morgan fingerprint density at radius 1 is 1.42 bits per heavy atom. The third-order valence-corrected chi connectivity index (χ3v) is 2.50. The molecule has 0 aliphatic carbocycles. The van der Waals surface area contributed by atoms with Crippen LogP contribution in [0.3, 0.4) is 0 Å². The van der Waals surface area contributed by atoms with E-state index in [2.05, 4.69) is 34.9 Å². The van der Waals surface area contributed by atoms with Crippen molar-refractivity contribution in [2.24, 2.45) is 0 Å². The first kappa shape index (κ1) is 15.3. The highest BCUT2D eigenvalue weighted by atomic mass is 28.3. The second-order valence-electron chi connectivity index (χ2n) is 5.28. The molecule has 4 nitrogen and oxygen atoms in total. The van der Waals surface area contributed by atoms with Crippen molar-refractivity contribution in [3.8, 4) is 11.5 Å². The second-order valence-corrected chi connectivity index (χ2v) is 7.53. The molecule has 0 bridgehead atoms. The molecule has 1 radical (unpaired) electrons. The van der Waals surface area contributed by atoms with Crippen LogP contribution in [0.25, 0.3) is 0 Å². The van der Waals surface area contributed by atoms with Crippen LogP contribution in [0.5, 0.6) is 0 Å². The van der Waals surface area contributed by atoms with Gasteiger partial charge in [-0.15, -0.1) is 5.54 Å². The molecule has 1 heterocycles. The van der Waals surface area contributed by atoms with Crippen molar-refractivity contribution in [1.82, 2.24) is 4.98 Å². The summed E-state index contributed by atoms with van der Waals surface area (Å²) < 4.78 is 5.20. The van der Waals surface area contributed by atoms with Crippen LogP contribution in [0, 0.1) is 11.5 Å². The summed E-state index contributed by atoms with van der Waals surface area (Å²) in [5, 5.41) is 2.68. The second kappa shape index (κ2) is 6.39. The summed E-state index contributed by atoms with van der Waals surface area (Å²) in [4.78, 5) is 15.9. The van der Waals surface area contributed by atoms with E-state index in [9.17, 15) is 4.79 Å². The highest BCUT2D eigenvalue weighted by Crippen LogP contribution is 2.14. The molecule has 0 fully saturated rings. The van der Waals surface area contributed by atoms with Gasteiger partial charge in [0, 0.05) is 6.20 Å². The van der Waals surface area contributed by atoms with Gasteiger partial charge in [-0.05, 0) is 32.9 Å². The molecule has 5 heteroatoms. The first-order valence-corrected chi connectivity index (χ1v) is 8.55. The fourth-order valence-electron chi connectivity index (χ4n) is 1.20. The molecule has 0 spiro atoms. The zero-order valence-electron chi connectivity index (χ0n) is 12.0. The van der Waals surface area contributed by atoms with Crippen molar-refractivity contribution in [1.29, 1.82) is 0 Å². The first-order valence-electron chi connectivity index (χ1n) is 6.05. The number of hydrogen-bond acceptors (Lipinski definition) is 3. The molecule has 1 aromatic heterocycles. The van der Waals surface area contributed by atoms with Crippen LogP contribution in [0.1, 0.15) is 26.5 Å². The van der Waals surface area contributed by atoms with Crippen LogP contribution in [0.4, 0.5) is 10.5 Å². The predicted octanol–water partition coefficient (Wildman–Crippen LogP) is 3.07. The van der Waals surface area contributed by atoms with E-state index >= 15 is 0 Å². The van der Waals surface area contributed by atoms with Gasteiger partial charge in [-0.2, -0.15) is 0 Å². The van der Waals surface area contributed by atoms with E-state index in [1.54, 1.807) is 18.3 Å². The molecule has 0 saturated heterocycles. The number of ether oxygens (including phenoxy) is 1. The van der Waals surface area contributed by atoms with Gasteiger partial charge in [0.2, 0.25) is 0 Å². The molecule has 0 aromatic carbocycles. The van der Waals surface area contributed by atoms with Gasteiger partial charge in [-0.3, -0.25) is 5.32 Å². The van der Waals surface area contributed by atoms with Crippen molar-refractivity contribution < 1.29 is 9.53 Å². The van der Waals surface area contributed by atoms with Crippen molar-refractivity contribution in [3.05, 3.63) is 24.0 Å². The van der Waals surface area contributed by atoms with Gasteiger partial charge in [0.05, 0.1) is 5.69 Å². The van der Waals surface area contributed by atoms with Crippen molar-refractivity contribution in [2.75, 3.05) is 5.32 Å². The third kappa shape index (κ3) is 6.07. The normalized spacial score (nSPS) is 10.6. The number of rotatable bonds is 1. The Labute approximate surface area is 116 Å². The minimum Gasteiger partial charge on any atom is -0.444 e. The molecule has 0 atom stereocenters. The van der Waals surface area contributed by atoms with Gasteiger partial charge in [0.1, 0.15) is 20.1 Å². The number of nitrogens with one attached hydrogen (secondary N) is 1. The van der Waals surface area contributed by atoms with E-state index in [4.69, 9.17) is 4.74 Å². The molecule has 1 amide bonds. The van der Waals surface area contributed by atoms with Crippen LogP contribution in [0.2, 0.25) is 13.1 Å². The van der Waals surface area contributed by atoms with Crippen LogP contribution >= 0.6 is 0 Å². The van der Waals surface area contributed by atoms with Crippen LogP contribution in [0.15, 0.2) is 18.3 Å². The minimum atomic E-state index is -0.650. The Balaban J connectivity index is 2.85. The van der Waals surface area contributed by atoms with Gasteiger partial charge < -0.3 is 4.74 Å². The largest absolute Gasteiger partial charge is 0.444 e. The van der Waals surface area contributed by atoms with Gasteiger partial charge in [-0.1, -0.05) is 19.0 Å². The lowest BCUT2D eigenvalue weighted by Crippen LogP contribution is -2.27. The fourth-order valence-corrected chi connectivity index (χ4v) is 1.57. The topological polar surface area (TPSA) is 51.2 Å². The molecule has 0 aliphatic rings. The van der Waals surface area contributed by atoms with Crippen LogP contribution < -0.4 is 5.32 Å². The standard InChI is InChI=1S/C14H19N2O2Si/c1-14(2,3)18-13(17)16-12-7-6-9-15-11(12)8-10-19(4)5/h6-7,9H,1-5H3,(H,16,17). The zero-order valence-corrected chi connectivity index (χ0v) is 13.0. The number of aromatic nitrogens is 1. The van der Waals surface area contributed by atoms with Gasteiger partial charge in [0.25, 0.3) is 0 Å². The lowest BCUT2D eigenvalue weighted by atomic mass is 10.2. The molecule has 101 valence electrons. The Morgan fingerprint density at radius 3 is 2.68 bits per heavy atom. The number of hydrogen-bond donors (Lipinski definition) is 1. The summed E-state index contributed by atoms with van der Waals surface area (Å²) in [7, 11) is -0.650. The SMILES string of the molecule is C[Si](C)C#Cc1ncccc1NC(=O)OC(C)(C)C. The Kier molecular flexibility index (Phi) is 5.13. The van der Waals surface area contributed by atoms with Gasteiger partial charge in [-0.25, -0.2) is 9.78 Å². The Hall–Kier alpha value is -1.80. The van der Waals surface area contributed by atoms with E-state index in [0.717, 1.165) is 0 Å². The Morgan fingerprint density at radius 2 is 2.11 bits per heavy atom. The van der Waals surface area contributed by atoms with E-state index in [0.29, 0.717) is 11.4 Å². The molecule has 0 unspecified atom stereocenters. The summed E-state index contributed by atoms with van der Waals surface area (Å²) in [6.45, 7) is 9.65. The lowest BCUT2D eigenvalue weighted by Gasteiger charge is -2.19. The summed E-state index contributed by atoms with van der Waals surface area (Å²) >= 11 is 0. The summed E-state index contributed by atoms with van der Waals surface area (Å²) in [5.74, 6) is 2.99. The number of carbonyl (C=O) groups excluding carboxylic acids is 1. The fraction of sp³-hybridized carbons (Fsp3) is 0.429. The van der Waals surface area contributed by atoms with E-state index < -0.39 is 20.5 Å². The monoisotopic (exact) mass is 275 g/mol. The van der Waals surface area contributed by atoms with Gasteiger partial charge in [0.15, 0.2) is 0 Å². The molecular weight excluding hydrogens is 256 g/mol. The van der Waals surface area contributed by atoms with E-state index in [1.165, 1.54) is 0 Å². The molecular formula is C14H19N2O2Si. The molecule has 1 rings (SSSR count). The van der Waals surface area contributed by atoms with E-state index in [1.807, 2.05) is 20.8 Å². The molecule has 19 heavy (non-hydrogen) atoms. The van der Waals surface area contributed by atoms with Crippen LogP contribution in [-0.4, -0.2) is 25.5 Å². The highest BCUT2D eigenvalue weighted by Gasteiger charge is 2.17. The Bertz CT molecular complexity index is 510. The number of nitrogens with zero attached hydrogens (tertiary/aromatic N) is 1. The average Bonchev–Trinajstić information content (AvgIpc) is 2.25. The maximum Gasteiger partial charge on any atom is 0.412 e. The summed E-state index contributed by atoms with van der Waals surface area (Å²) in [6, 6.07) is 3.51. The average molecular weight is 275 g/mol. The quantitative estimate of drug-likeness (QED) is 0.633. The first-order chi connectivity index (χ1) is 8.78. The summed E-state index contributed by atoms with van der Waals surface area (Å²) in [6.07, 6.45) is 1.16. The number of anilines is 1. The summed E-state index contributed by atoms with van der Waals surface area (Å²) in [5.41, 5.74) is 3.74. The van der Waals surface area contributed by atoms with Crippen molar-refractivity contribution in [2.45, 2.75) is 39.5 Å². The van der Waals surface area contributed by atoms with Gasteiger partial charge >= 0.3 is 6.09 Å². The molecule has 1 aromatic rings. The minimum absolute atomic E-state index is 0.498. The predicted molar refractivity (Wildman–Crippen MR) is 78.5 cm³/mol. The molecule has 0 saturated carbocycles. The lowest BCUT2D eigenvalue weighted by molar-refractivity contribution is 0.0636. The maximum atomic E-state index is 11.7. The molecule has 0 aliphatic heterocycles. The number of amides is 1. The van der Waals surface area contributed by atoms with Crippen molar-refractivity contribution in [3.63, 3.8) is 0 Å². The number of pyridine rings is 1.